The highest BCUT2D eigenvalue weighted by atomic mass is 32.2. The van der Waals surface area contributed by atoms with Crippen LogP contribution in [0, 0.1) is 10.1 Å². The van der Waals surface area contributed by atoms with E-state index in [0.29, 0.717) is 11.1 Å². The normalized spacial score (nSPS) is 23.0. The SMILES string of the molecule is COC1(/N=C/c2cc(C(C)(C)C)c(O)c(C(C)(C)C)c2)C(=O)N2C[C@@](C(=O)OCc3ccc([N+](=O)[O-])cc3)(N3CCN(/N=C/c4ccccc4)C3=O)S[C@@H]21. The average Bonchev–Trinajstić information content (AvgIpc) is 3.69. The van der Waals surface area contributed by atoms with Gasteiger partial charge < -0.3 is 19.5 Å². The molecule has 0 bridgehead atoms. The zero-order valence-electron chi connectivity index (χ0n) is 31.3. The lowest BCUT2D eigenvalue weighted by atomic mass is 9.78. The number of amides is 3. The van der Waals surface area contributed by atoms with Crippen LogP contribution in [0.1, 0.15) is 69.4 Å². The van der Waals surface area contributed by atoms with Crippen molar-refractivity contribution in [2.24, 2.45) is 10.1 Å². The molecule has 284 valence electrons. The van der Waals surface area contributed by atoms with E-state index in [9.17, 15) is 29.6 Å². The molecule has 15 heteroatoms. The topological polar surface area (TPSA) is 167 Å². The predicted molar refractivity (Wildman–Crippen MR) is 204 cm³/mol. The number of esters is 1. The van der Waals surface area contributed by atoms with Crippen LogP contribution in [0.15, 0.2) is 76.8 Å². The molecule has 3 amide bonds. The first-order valence-electron chi connectivity index (χ1n) is 17.5. The van der Waals surface area contributed by atoms with Crippen LogP contribution in [0.25, 0.3) is 0 Å². The van der Waals surface area contributed by atoms with Gasteiger partial charge in [-0.15, -0.1) is 0 Å². The first kappa shape index (κ1) is 38.4. The highest BCUT2D eigenvalue weighted by Gasteiger charge is 2.73. The first-order chi connectivity index (χ1) is 25.4. The molecule has 0 saturated carbocycles. The number of aliphatic imine (C=N–C) groups is 1. The smallest absolute Gasteiger partial charge is 0.345 e. The molecule has 3 saturated heterocycles. The highest BCUT2D eigenvalue weighted by Crippen LogP contribution is 2.55. The van der Waals surface area contributed by atoms with E-state index in [1.54, 1.807) is 12.4 Å². The molecule has 1 unspecified atom stereocenters. The summed E-state index contributed by atoms with van der Waals surface area (Å²) in [7, 11) is 1.37. The summed E-state index contributed by atoms with van der Waals surface area (Å²) < 4.78 is 11.7. The number of carbonyl (C=O) groups excluding carboxylic acids is 3. The van der Waals surface area contributed by atoms with Gasteiger partial charge in [-0.1, -0.05) is 83.6 Å². The number of phenols is 1. The summed E-state index contributed by atoms with van der Waals surface area (Å²) in [4.78, 5) is 58.8. The number of ether oxygens (including phenoxy) is 2. The maximum Gasteiger partial charge on any atom is 0.345 e. The van der Waals surface area contributed by atoms with E-state index in [2.05, 4.69) is 5.10 Å². The summed E-state index contributed by atoms with van der Waals surface area (Å²) in [6.07, 6.45) is 3.11. The second-order valence-electron chi connectivity index (χ2n) is 15.5. The maximum atomic E-state index is 14.3. The number of rotatable bonds is 10. The first-order valence-corrected chi connectivity index (χ1v) is 18.4. The van der Waals surface area contributed by atoms with Gasteiger partial charge in [0.25, 0.3) is 17.3 Å². The summed E-state index contributed by atoms with van der Waals surface area (Å²) in [5, 5.41) is 27.2. The number of nitro groups is 1. The monoisotopic (exact) mass is 756 g/mol. The fourth-order valence-corrected chi connectivity index (χ4v) is 8.46. The summed E-state index contributed by atoms with van der Waals surface area (Å²) >= 11 is 1.05. The third-order valence-electron chi connectivity index (χ3n) is 9.75. The van der Waals surface area contributed by atoms with Crippen LogP contribution >= 0.6 is 11.8 Å². The number of β-lactam (4-membered cyclic amide) rings is 1. The molecule has 0 aromatic heterocycles. The molecular formula is C39H44N6O8S. The molecule has 6 rings (SSSR count). The van der Waals surface area contributed by atoms with Crippen molar-refractivity contribution in [3.05, 3.63) is 105 Å². The number of thioether (sulfide) groups is 1. The molecule has 3 fully saturated rings. The van der Waals surface area contributed by atoms with Gasteiger partial charge in [-0.25, -0.2) is 19.6 Å². The van der Waals surface area contributed by atoms with Crippen molar-refractivity contribution in [2.45, 2.75) is 74.9 Å². The molecule has 0 aliphatic carbocycles. The molecule has 3 atom stereocenters. The number of non-ortho nitro benzene ring substituents is 1. The second-order valence-corrected chi connectivity index (χ2v) is 16.9. The average molecular weight is 757 g/mol. The Hall–Kier alpha value is -5.28. The Morgan fingerprint density at radius 2 is 1.61 bits per heavy atom. The van der Waals surface area contributed by atoms with Crippen molar-refractivity contribution in [3.63, 3.8) is 0 Å². The zero-order valence-corrected chi connectivity index (χ0v) is 32.1. The van der Waals surface area contributed by atoms with Gasteiger partial charge in [0.2, 0.25) is 4.87 Å². The van der Waals surface area contributed by atoms with Crippen LogP contribution in [0.4, 0.5) is 10.5 Å². The van der Waals surface area contributed by atoms with E-state index in [4.69, 9.17) is 14.5 Å². The Balaban J connectivity index is 1.32. The van der Waals surface area contributed by atoms with E-state index in [-0.39, 0.29) is 37.7 Å². The summed E-state index contributed by atoms with van der Waals surface area (Å²) in [5.74, 6) is -1.05. The van der Waals surface area contributed by atoms with Crippen LogP contribution in [0.5, 0.6) is 5.75 Å². The molecule has 3 aliphatic heterocycles. The maximum absolute atomic E-state index is 14.3. The lowest BCUT2D eigenvalue weighted by Gasteiger charge is -2.47. The van der Waals surface area contributed by atoms with Crippen LogP contribution in [0.3, 0.4) is 0 Å². The number of hydrogen-bond acceptors (Lipinski definition) is 11. The molecule has 1 N–H and O–H groups in total. The number of urea groups is 1. The second kappa shape index (κ2) is 14.2. The Labute approximate surface area is 318 Å². The minimum atomic E-state index is -1.72. The number of aromatic hydroxyl groups is 1. The number of nitrogens with zero attached hydrogens (tertiary/aromatic N) is 6. The van der Waals surface area contributed by atoms with Gasteiger partial charge in [-0.3, -0.25) is 19.8 Å². The van der Waals surface area contributed by atoms with Crippen molar-refractivity contribution in [1.82, 2.24) is 14.8 Å². The van der Waals surface area contributed by atoms with Crippen molar-refractivity contribution >= 4 is 47.8 Å². The molecule has 3 aromatic carbocycles. The lowest BCUT2D eigenvalue weighted by Crippen LogP contribution is -2.70. The number of carbonyl (C=O) groups is 3. The van der Waals surface area contributed by atoms with Crippen molar-refractivity contribution in [1.29, 1.82) is 0 Å². The van der Waals surface area contributed by atoms with E-state index in [1.165, 1.54) is 46.2 Å². The number of benzene rings is 3. The van der Waals surface area contributed by atoms with Crippen molar-refractivity contribution in [3.8, 4) is 5.75 Å². The van der Waals surface area contributed by atoms with Crippen molar-refractivity contribution in [2.75, 3.05) is 26.7 Å². The predicted octanol–water partition coefficient (Wildman–Crippen LogP) is 5.78. The number of hydrogen-bond donors (Lipinski definition) is 1. The summed E-state index contributed by atoms with van der Waals surface area (Å²) in [6, 6.07) is 18.0. The summed E-state index contributed by atoms with van der Waals surface area (Å²) in [6.45, 7) is 11.9. The third kappa shape index (κ3) is 6.93. The molecule has 54 heavy (non-hydrogen) atoms. The number of fused-ring (bicyclic) bond motifs is 1. The number of nitro benzene ring substituents is 1. The Kier molecular flexibility index (Phi) is 10.1. The van der Waals surface area contributed by atoms with Crippen LogP contribution < -0.4 is 0 Å². The zero-order chi connectivity index (χ0) is 39.2. The number of phenolic OH excluding ortho intramolecular Hbond substituents is 1. The Morgan fingerprint density at radius 3 is 2.19 bits per heavy atom. The fraction of sp³-hybridized carbons (Fsp3) is 0.410. The fourth-order valence-electron chi connectivity index (χ4n) is 6.71. The third-order valence-corrected chi connectivity index (χ3v) is 11.4. The highest BCUT2D eigenvalue weighted by molar-refractivity contribution is 8.02. The van der Waals surface area contributed by atoms with Gasteiger partial charge in [0.15, 0.2) is 0 Å². The van der Waals surface area contributed by atoms with Gasteiger partial charge in [-0.05, 0) is 51.8 Å². The molecule has 0 spiro atoms. The largest absolute Gasteiger partial charge is 0.507 e. The van der Waals surface area contributed by atoms with Gasteiger partial charge >= 0.3 is 12.0 Å². The lowest BCUT2D eigenvalue weighted by molar-refractivity contribution is -0.384. The Morgan fingerprint density at radius 1 is 0.981 bits per heavy atom. The quantitative estimate of drug-likeness (QED) is 0.0887. The van der Waals surface area contributed by atoms with E-state index in [0.717, 1.165) is 28.5 Å². The van der Waals surface area contributed by atoms with Gasteiger partial charge in [0.1, 0.15) is 17.7 Å². The van der Waals surface area contributed by atoms with Gasteiger partial charge in [-0.2, -0.15) is 5.10 Å². The number of hydrazone groups is 1. The minimum absolute atomic E-state index is 0.109. The van der Waals surface area contributed by atoms with Crippen LogP contribution in [-0.2, 0) is 36.5 Å². The van der Waals surface area contributed by atoms with Crippen molar-refractivity contribution < 1.29 is 33.9 Å². The van der Waals surface area contributed by atoms with E-state index < -0.39 is 49.6 Å². The van der Waals surface area contributed by atoms with E-state index >= 15 is 0 Å². The minimum Gasteiger partial charge on any atom is -0.507 e. The molecule has 3 aliphatic rings. The van der Waals surface area contributed by atoms with E-state index in [1.807, 2.05) is 84.0 Å². The van der Waals surface area contributed by atoms with Gasteiger partial charge in [0, 0.05) is 43.1 Å². The standard InChI is InChI=1S/C39H44N6O8S/c1-36(2,3)29-19-27(20-30(31(29)46)37(4,5)6)21-40-39(52-7)32(47)42-24-38(54-33(39)42,34(48)53-23-26-13-15-28(16-14-26)45(50)51)43-17-18-44(35(43)49)41-22-25-11-9-8-10-12-25/h8-16,19-22,33,46H,17-18,23-24H2,1-7H3/b40-21+,41-22+/t33-,38-,39?/m1/s1. The summed E-state index contributed by atoms with van der Waals surface area (Å²) in [5.41, 5.74) is 0.767. The van der Waals surface area contributed by atoms with Crippen LogP contribution in [-0.4, -0.2) is 97.9 Å². The Bertz CT molecular complexity index is 1990. The number of methoxy groups -OCH3 is 1. The van der Waals surface area contributed by atoms with Gasteiger partial charge in [0.05, 0.1) is 24.2 Å². The van der Waals surface area contributed by atoms with Crippen LogP contribution in [0.2, 0.25) is 0 Å². The molecule has 14 nitrogen and oxygen atoms in total. The molecule has 3 heterocycles. The molecular weight excluding hydrogens is 713 g/mol. The molecule has 3 aromatic rings. The molecule has 0 radical (unpaired) electrons.